The van der Waals surface area contributed by atoms with Gasteiger partial charge in [0, 0.05) is 106 Å². The van der Waals surface area contributed by atoms with Crippen molar-refractivity contribution in [3.8, 4) is 5.75 Å². The van der Waals surface area contributed by atoms with Crippen LogP contribution in [-0.4, -0.2) is 97.8 Å². The lowest BCUT2D eigenvalue weighted by molar-refractivity contribution is -0.132. The molecule has 1 atom stereocenters. The van der Waals surface area contributed by atoms with Gasteiger partial charge in [0.2, 0.25) is 12.3 Å². The summed E-state index contributed by atoms with van der Waals surface area (Å²) >= 11 is 12.7. The minimum atomic E-state index is -0.495. The minimum absolute atomic E-state index is 0.0913. The summed E-state index contributed by atoms with van der Waals surface area (Å²) in [5, 5.41) is 23.6. The average molecular weight is 891 g/mol. The number of ether oxygens (including phenoxy) is 1. The molecule has 0 saturated carbocycles. The van der Waals surface area contributed by atoms with E-state index in [2.05, 4.69) is 49.2 Å². The molecule has 4 aromatic rings. The van der Waals surface area contributed by atoms with Gasteiger partial charge in [-0.15, -0.1) is 6.58 Å². The van der Waals surface area contributed by atoms with Crippen LogP contribution < -0.4 is 31.3 Å². The normalized spacial score (nSPS) is 13.6. The first-order valence-electron chi connectivity index (χ1n) is 20.4. The zero-order chi connectivity index (χ0) is 45.2. The molecule has 0 radical (unpaired) electrons. The highest BCUT2D eigenvalue weighted by Gasteiger charge is 2.26. The number of pyridine rings is 1. The smallest absolute Gasteiger partial charge is 0.222 e. The third-order valence-electron chi connectivity index (χ3n) is 10.4. The number of benzene rings is 2. The maximum absolute atomic E-state index is 15.3. The number of aryl methyl sites for hydroxylation is 1. The van der Waals surface area contributed by atoms with Crippen molar-refractivity contribution < 1.29 is 18.7 Å². The van der Waals surface area contributed by atoms with Crippen molar-refractivity contribution in [3.63, 3.8) is 0 Å². The van der Waals surface area contributed by atoms with E-state index >= 15 is 4.39 Å². The molecule has 1 saturated heterocycles. The molecule has 17 heteroatoms. The van der Waals surface area contributed by atoms with Crippen LogP contribution in [0.1, 0.15) is 56.3 Å². The zero-order valence-corrected chi connectivity index (χ0v) is 37.4. The van der Waals surface area contributed by atoms with E-state index in [9.17, 15) is 9.59 Å². The van der Waals surface area contributed by atoms with Gasteiger partial charge in [0.25, 0.3) is 0 Å². The first-order chi connectivity index (χ1) is 29.9. The number of piperidine rings is 1. The lowest BCUT2D eigenvalue weighted by Crippen LogP contribution is -2.40. The molecule has 3 heterocycles. The molecule has 332 valence electrons. The van der Waals surface area contributed by atoms with E-state index in [0.717, 1.165) is 30.2 Å². The molecular weight excluding hydrogens is 832 g/mol. The molecule has 1 fully saturated rings. The van der Waals surface area contributed by atoms with E-state index in [4.69, 9.17) is 39.1 Å². The van der Waals surface area contributed by atoms with Crippen molar-refractivity contribution in [2.45, 2.75) is 45.1 Å². The summed E-state index contributed by atoms with van der Waals surface area (Å²) in [5.41, 5.74) is 9.83. The van der Waals surface area contributed by atoms with Crippen molar-refractivity contribution in [2.24, 2.45) is 18.0 Å². The second-order valence-corrected chi connectivity index (χ2v) is 15.5. The summed E-state index contributed by atoms with van der Waals surface area (Å²) in [7, 11) is 5.49. The Hall–Kier alpha value is -5.77. The monoisotopic (exact) mass is 889 g/mol. The summed E-state index contributed by atoms with van der Waals surface area (Å²) in [6.07, 6.45) is 13.6. The second kappa shape index (κ2) is 24.6. The topological polar surface area (TPSA) is 179 Å². The molecule has 14 nitrogen and oxygen atoms in total. The van der Waals surface area contributed by atoms with Crippen molar-refractivity contribution >= 4 is 76.0 Å². The Balaban J connectivity index is 0.00000111. The number of nitrogen functional groups attached to an aromatic ring is 1. The fourth-order valence-electron chi connectivity index (χ4n) is 7.08. The van der Waals surface area contributed by atoms with Crippen LogP contribution in [0.15, 0.2) is 84.3 Å². The van der Waals surface area contributed by atoms with Crippen LogP contribution in [0.2, 0.25) is 10.0 Å². The van der Waals surface area contributed by atoms with Gasteiger partial charge in [-0.05, 0) is 82.6 Å². The molecule has 1 aliphatic heterocycles. The number of aromatic nitrogens is 3. The molecular formula is C45H58Cl2FN11O3. The lowest BCUT2D eigenvalue weighted by Gasteiger charge is -2.34. The molecule has 0 aliphatic carbocycles. The molecule has 6 N–H and O–H groups in total. The SMILES string of the molecule is C=CCCNC=O.C=N/C=C(\C=C/CCN(CCNC)C(=O)CC1CCN(c2cc3c(cc2F)c(NC)nn3C)CC1)C(=N)c1cc(O[C@H](C)c2c(Cl)cncc2Cl)ccc1N. The van der Waals surface area contributed by atoms with Crippen LogP contribution in [0, 0.1) is 17.1 Å². The maximum atomic E-state index is 15.3. The highest BCUT2D eigenvalue weighted by atomic mass is 35.5. The number of nitrogens with two attached hydrogens (primary N) is 1. The largest absolute Gasteiger partial charge is 0.486 e. The number of rotatable bonds is 21. The Morgan fingerprint density at radius 2 is 1.87 bits per heavy atom. The summed E-state index contributed by atoms with van der Waals surface area (Å²) in [6, 6.07) is 8.51. The Morgan fingerprint density at radius 1 is 1.15 bits per heavy atom. The fraction of sp³-hybridized carbons (Fsp3) is 0.378. The van der Waals surface area contributed by atoms with Gasteiger partial charge in [0.05, 0.1) is 27.0 Å². The molecule has 0 unspecified atom stereocenters. The molecule has 2 aromatic carbocycles. The Morgan fingerprint density at radius 3 is 2.52 bits per heavy atom. The van der Waals surface area contributed by atoms with Gasteiger partial charge in [0.15, 0.2) is 5.82 Å². The van der Waals surface area contributed by atoms with Crippen LogP contribution in [0.3, 0.4) is 0 Å². The number of hydrogen-bond donors (Lipinski definition) is 5. The average Bonchev–Trinajstić information content (AvgIpc) is 3.57. The molecule has 0 bridgehead atoms. The van der Waals surface area contributed by atoms with E-state index in [1.54, 1.807) is 48.1 Å². The Kier molecular flexibility index (Phi) is 19.4. The van der Waals surface area contributed by atoms with Crippen molar-refractivity contribution in [2.75, 3.05) is 69.3 Å². The van der Waals surface area contributed by atoms with E-state index in [1.807, 2.05) is 38.1 Å². The van der Waals surface area contributed by atoms with E-state index in [1.165, 1.54) is 18.6 Å². The van der Waals surface area contributed by atoms with Gasteiger partial charge in [-0.1, -0.05) is 41.4 Å². The number of hydrogen-bond acceptors (Lipinski definition) is 11. The fourth-order valence-corrected chi connectivity index (χ4v) is 7.75. The molecule has 5 rings (SSSR count). The van der Waals surface area contributed by atoms with Crippen LogP contribution >= 0.6 is 23.2 Å². The number of likely N-dealkylation sites (N-methyl/N-ethyl adjacent to an activating group) is 1. The maximum Gasteiger partial charge on any atom is 0.222 e. The van der Waals surface area contributed by atoms with Crippen LogP contribution in [0.25, 0.3) is 10.9 Å². The van der Waals surface area contributed by atoms with Gasteiger partial charge < -0.3 is 36.2 Å². The molecule has 62 heavy (non-hydrogen) atoms. The van der Waals surface area contributed by atoms with Crippen molar-refractivity contribution in [3.05, 3.63) is 106 Å². The summed E-state index contributed by atoms with van der Waals surface area (Å²) in [4.78, 5) is 35.0. The molecule has 0 spiro atoms. The van der Waals surface area contributed by atoms with Crippen LogP contribution in [0.5, 0.6) is 5.75 Å². The van der Waals surface area contributed by atoms with E-state index in [0.29, 0.717) is 108 Å². The highest BCUT2D eigenvalue weighted by Crippen LogP contribution is 2.35. The van der Waals surface area contributed by atoms with Gasteiger partial charge in [0.1, 0.15) is 17.7 Å². The summed E-state index contributed by atoms with van der Waals surface area (Å²) in [6.45, 7) is 12.7. The van der Waals surface area contributed by atoms with Crippen molar-refractivity contribution in [1.82, 2.24) is 30.3 Å². The Labute approximate surface area is 373 Å². The number of amides is 2. The predicted octanol–water partition coefficient (Wildman–Crippen LogP) is 7.74. The molecule has 2 amide bonds. The van der Waals surface area contributed by atoms with Crippen molar-refractivity contribution in [1.29, 1.82) is 5.41 Å². The number of carbonyl (C=O) groups excluding carboxylic acids is 2. The predicted molar refractivity (Wildman–Crippen MR) is 252 cm³/mol. The van der Waals surface area contributed by atoms with Gasteiger partial charge in [-0.25, -0.2) is 4.39 Å². The third-order valence-corrected chi connectivity index (χ3v) is 11.0. The number of nitrogens with zero attached hydrogens (tertiary/aromatic N) is 6. The van der Waals surface area contributed by atoms with Crippen LogP contribution in [-0.2, 0) is 16.6 Å². The highest BCUT2D eigenvalue weighted by molar-refractivity contribution is 6.35. The number of carbonyl (C=O) groups is 2. The third kappa shape index (κ3) is 13.4. The standard InChI is InChI=1S/C40H49Cl2FN10O2.C5H9NO/c1-25(38-31(41)23-49-24-32(38)42)55-28-9-10-34(44)29(19-28)39(45)27(22-47-3)8-6-7-14-53(17-13-46-2)37(54)18-26-11-15-52(16-12-26)36-21-35-30(20-33(36)43)40(48-4)50-51(35)5;1-2-3-4-6-5-7/h6,8-10,19-26,45-46H,3,7,11-18,44H2,1-2,4-5H3,(H,48,50);2,5H,1,3-4H2,(H,6,7)/b8-6-,27-22+,45-39?;/t25-;/m1./s1. The number of anilines is 3. The summed E-state index contributed by atoms with van der Waals surface area (Å²) in [5.74, 6) is 1.15. The number of nitrogens with one attached hydrogen (secondary N) is 4. The number of halogens is 3. The zero-order valence-electron chi connectivity index (χ0n) is 35.9. The first kappa shape index (κ1) is 48.9. The first-order valence-corrected chi connectivity index (χ1v) is 21.2. The quantitative estimate of drug-likeness (QED) is 0.0140. The molecule has 1 aliphatic rings. The lowest BCUT2D eigenvalue weighted by atomic mass is 9.92. The van der Waals surface area contributed by atoms with Gasteiger partial charge in [-0.3, -0.25) is 29.7 Å². The molecule has 2 aromatic heterocycles. The number of fused-ring (bicyclic) bond motifs is 1. The Bertz CT molecular complexity index is 2210. The van der Waals surface area contributed by atoms with E-state index < -0.39 is 6.10 Å². The number of aliphatic imine (C=N–C) groups is 1. The van der Waals surface area contributed by atoms with Gasteiger partial charge >= 0.3 is 0 Å². The van der Waals surface area contributed by atoms with E-state index in [-0.39, 0.29) is 23.4 Å². The minimum Gasteiger partial charge on any atom is -0.486 e. The number of allylic oxidation sites excluding steroid dienone is 2. The summed E-state index contributed by atoms with van der Waals surface area (Å²) < 4.78 is 23.2. The van der Waals surface area contributed by atoms with Gasteiger partial charge in [-0.2, -0.15) is 5.10 Å². The second-order valence-electron chi connectivity index (χ2n) is 14.7. The van der Waals surface area contributed by atoms with Crippen LogP contribution in [0.4, 0.5) is 21.6 Å².